The number of likely N-dealkylation sites (tertiary alicyclic amines) is 1. The van der Waals surface area contributed by atoms with Gasteiger partial charge in [-0.3, -0.25) is 0 Å². The van der Waals surface area contributed by atoms with Gasteiger partial charge in [-0.2, -0.15) is 0 Å². The lowest BCUT2D eigenvalue weighted by molar-refractivity contribution is 0.186. The first-order valence-electron chi connectivity index (χ1n) is 7.33. The van der Waals surface area contributed by atoms with Crippen LogP contribution in [0.1, 0.15) is 25.3 Å². The molecule has 20 heavy (non-hydrogen) atoms. The van der Waals surface area contributed by atoms with Gasteiger partial charge in [-0.25, -0.2) is 4.79 Å². The Labute approximate surface area is 121 Å². The molecule has 1 aromatic carbocycles. The van der Waals surface area contributed by atoms with Crippen molar-refractivity contribution in [3.8, 4) is 0 Å². The van der Waals surface area contributed by atoms with Crippen LogP contribution in [0.25, 0.3) is 0 Å². The fraction of sp³-hybridized carbons (Fsp3) is 0.562. The summed E-state index contributed by atoms with van der Waals surface area (Å²) in [4.78, 5) is 14.2. The second-order valence-corrected chi connectivity index (χ2v) is 5.50. The number of hydrogen-bond donors (Lipinski definition) is 1. The normalized spacial score (nSPS) is 16.2. The van der Waals surface area contributed by atoms with Gasteiger partial charge in [0.2, 0.25) is 0 Å². The van der Waals surface area contributed by atoms with Crippen LogP contribution in [0.4, 0.5) is 10.5 Å². The van der Waals surface area contributed by atoms with Crippen molar-refractivity contribution in [3.63, 3.8) is 0 Å². The number of methoxy groups -OCH3 is 1. The number of anilines is 1. The van der Waals surface area contributed by atoms with Gasteiger partial charge < -0.3 is 15.0 Å². The topological polar surface area (TPSA) is 41.6 Å². The number of hydrogen-bond acceptors (Lipinski definition) is 2. The van der Waals surface area contributed by atoms with Crippen LogP contribution in [0.3, 0.4) is 0 Å². The first-order chi connectivity index (χ1) is 9.70. The lowest BCUT2D eigenvalue weighted by atomic mass is 10.00. The van der Waals surface area contributed by atoms with Crippen molar-refractivity contribution in [1.82, 2.24) is 4.90 Å². The zero-order valence-corrected chi connectivity index (χ0v) is 12.4. The highest BCUT2D eigenvalue weighted by Gasteiger charge is 2.20. The summed E-state index contributed by atoms with van der Waals surface area (Å²) >= 11 is 0. The summed E-state index contributed by atoms with van der Waals surface area (Å²) in [5, 5.41) is 3.04. The second kappa shape index (κ2) is 7.29. The number of carbonyl (C=O) groups excluding carboxylic acids is 1. The smallest absolute Gasteiger partial charge is 0.321 e. The molecule has 4 heteroatoms. The molecule has 0 atom stereocenters. The van der Waals surface area contributed by atoms with E-state index in [2.05, 4.69) is 12.2 Å². The predicted molar refractivity (Wildman–Crippen MR) is 81.0 cm³/mol. The number of piperidine rings is 1. The number of amides is 2. The van der Waals surface area contributed by atoms with Gasteiger partial charge in [-0.15, -0.1) is 0 Å². The molecule has 2 rings (SSSR count). The summed E-state index contributed by atoms with van der Waals surface area (Å²) in [5.74, 6) is 0.730. The highest BCUT2D eigenvalue weighted by atomic mass is 16.5. The molecule has 4 nitrogen and oxygen atoms in total. The van der Waals surface area contributed by atoms with Crippen molar-refractivity contribution in [2.24, 2.45) is 5.92 Å². The van der Waals surface area contributed by atoms with E-state index in [9.17, 15) is 4.79 Å². The number of nitrogens with one attached hydrogen (secondary N) is 1. The average molecular weight is 276 g/mol. The Kier molecular flexibility index (Phi) is 5.41. The van der Waals surface area contributed by atoms with Crippen molar-refractivity contribution < 1.29 is 9.53 Å². The van der Waals surface area contributed by atoms with Crippen LogP contribution in [-0.4, -0.2) is 37.7 Å². The maximum Gasteiger partial charge on any atom is 0.321 e. The molecule has 0 aliphatic carbocycles. The van der Waals surface area contributed by atoms with Gasteiger partial charge >= 0.3 is 6.03 Å². The van der Waals surface area contributed by atoms with Crippen molar-refractivity contribution in [2.45, 2.75) is 26.2 Å². The molecule has 0 bridgehead atoms. The third-order valence-electron chi connectivity index (χ3n) is 3.91. The van der Waals surface area contributed by atoms with Crippen LogP contribution in [0.2, 0.25) is 0 Å². The lowest BCUT2D eigenvalue weighted by Gasteiger charge is -2.30. The van der Waals surface area contributed by atoms with Gasteiger partial charge in [0.05, 0.1) is 6.61 Å². The zero-order chi connectivity index (χ0) is 14.4. The number of carbonyl (C=O) groups is 1. The van der Waals surface area contributed by atoms with Gasteiger partial charge in [0.15, 0.2) is 0 Å². The van der Waals surface area contributed by atoms with Crippen LogP contribution < -0.4 is 5.32 Å². The molecule has 0 saturated carbocycles. The summed E-state index contributed by atoms with van der Waals surface area (Å²) in [5.41, 5.74) is 2.02. The molecule has 110 valence electrons. The van der Waals surface area contributed by atoms with E-state index in [0.29, 0.717) is 6.61 Å². The van der Waals surface area contributed by atoms with E-state index in [1.807, 2.05) is 29.2 Å². The lowest BCUT2D eigenvalue weighted by Crippen LogP contribution is -2.40. The van der Waals surface area contributed by atoms with Gasteiger partial charge in [0, 0.05) is 25.9 Å². The Morgan fingerprint density at radius 3 is 2.75 bits per heavy atom. The molecule has 0 spiro atoms. The average Bonchev–Trinajstić information content (AvgIpc) is 2.47. The van der Waals surface area contributed by atoms with E-state index < -0.39 is 0 Å². The molecule has 1 aliphatic rings. The Hall–Kier alpha value is -1.55. The number of para-hydroxylation sites is 1. The molecule has 0 radical (unpaired) electrons. The van der Waals surface area contributed by atoms with Crippen molar-refractivity contribution in [3.05, 3.63) is 29.8 Å². The highest BCUT2D eigenvalue weighted by molar-refractivity contribution is 5.90. The highest BCUT2D eigenvalue weighted by Crippen LogP contribution is 2.19. The maximum absolute atomic E-state index is 12.3. The molecule has 2 amide bonds. The predicted octanol–water partition coefficient (Wildman–Crippen LogP) is 3.14. The molecular formula is C16H24N2O2. The minimum absolute atomic E-state index is 0.0155. The summed E-state index contributed by atoms with van der Waals surface area (Å²) in [6, 6.07) is 7.94. The SMILES string of the molecule is COCCc1ccccc1NC(=O)N1CCC(C)CC1. The minimum Gasteiger partial charge on any atom is -0.384 e. The number of benzene rings is 1. The first-order valence-corrected chi connectivity index (χ1v) is 7.33. The van der Waals surface area contributed by atoms with Crippen LogP contribution in [0.15, 0.2) is 24.3 Å². The van der Waals surface area contributed by atoms with E-state index in [4.69, 9.17) is 4.74 Å². The monoisotopic (exact) mass is 276 g/mol. The summed E-state index contributed by atoms with van der Waals surface area (Å²) in [6.07, 6.45) is 3.00. The fourth-order valence-corrected chi connectivity index (χ4v) is 2.48. The summed E-state index contributed by atoms with van der Waals surface area (Å²) in [6.45, 7) is 4.61. The molecule has 1 aliphatic heterocycles. The maximum atomic E-state index is 12.3. The summed E-state index contributed by atoms with van der Waals surface area (Å²) < 4.78 is 5.11. The van der Waals surface area contributed by atoms with E-state index in [-0.39, 0.29) is 6.03 Å². The molecular weight excluding hydrogens is 252 g/mol. The van der Waals surface area contributed by atoms with Crippen molar-refractivity contribution in [1.29, 1.82) is 0 Å². The zero-order valence-electron chi connectivity index (χ0n) is 12.4. The van der Waals surface area contributed by atoms with Gasteiger partial charge in [-0.1, -0.05) is 25.1 Å². The van der Waals surface area contributed by atoms with E-state index in [1.54, 1.807) is 7.11 Å². The molecule has 0 unspecified atom stereocenters. The number of nitrogens with zero attached hydrogens (tertiary/aromatic N) is 1. The summed E-state index contributed by atoms with van der Waals surface area (Å²) in [7, 11) is 1.69. The minimum atomic E-state index is 0.0155. The van der Waals surface area contributed by atoms with E-state index in [1.165, 1.54) is 0 Å². The second-order valence-electron chi connectivity index (χ2n) is 5.50. The van der Waals surface area contributed by atoms with Crippen LogP contribution >= 0.6 is 0 Å². The third-order valence-corrected chi connectivity index (χ3v) is 3.91. The molecule has 1 heterocycles. The van der Waals surface area contributed by atoms with E-state index >= 15 is 0 Å². The van der Waals surface area contributed by atoms with Gasteiger partial charge in [0.1, 0.15) is 0 Å². The van der Waals surface area contributed by atoms with Crippen LogP contribution in [0.5, 0.6) is 0 Å². The molecule has 1 N–H and O–H groups in total. The Balaban J connectivity index is 1.96. The standard InChI is InChI=1S/C16H24N2O2/c1-13-7-10-18(11-8-13)16(19)17-15-6-4-3-5-14(15)9-12-20-2/h3-6,13H,7-12H2,1-2H3,(H,17,19). The van der Waals surface area contributed by atoms with Gasteiger partial charge in [-0.05, 0) is 36.8 Å². The molecule has 1 saturated heterocycles. The van der Waals surface area contributed by atoms with Gasteiger partial charge in [0.25, 0.3) is 0 Å². The molecule has 1 fully saturated rings. The number of urea groups is 1. The van der Waals surface area contributed by atoms with Crippen molar-refractivity contribution >= 4 is 11.7 Å². The van der Waals surface area contributed by atoms with Crippen molar-refractivity contribution in [2.75, 3.05) is 32.1 Å². The first kappa shape index (κ1) is 14.9. The molecule has 1 aromatic rings. The Bertz CT molecular complexity index is 440. The largest absolute Gasteiger partial charge is 0.384 e. The number of ether oxygens (including phenoxy) is 1. The molecule has 0 aromatic heterocycles. The van der Waals surface area contributed by atoms with Crippen LogP contribution in [0, 0.1) is 5.92 Å². The fourth-order valence-electron chi connectivity index (χ4n) is 2.48. The number of rotatable bonds is 4. The quantitative estimate of drug-likeness (QED) is 0.918. The Morgan fingerprint density at radius 2 is 2.05 bits per heavy atom. The third kappa shape index (κ3) is 3.97. The van der Waals surface area contributed by atoms with Crippen LogP contribution in [-0.2, 0) is 11.2 Å². The van der Waals surface area contributed by atoms with E-state index in [0.717, 1.165) is 49.5 Å². The Morgan fingerprint density at radius 1 is 1.35 bits per heavy atom.